The first kappa shape index (κ1) is 20.8. The highest BCUT2D eigenvalue weighted by Gasteiger charge is 2.31. The van der Waals surface area contributed by atoms with Gasteiger partial charge in [-0.1, -0.05) is 0 Å². The fraction of sp³-hybridized carbons (Fsp3) is 0.714. The van der Waals surface area contributed by atoms with Gasteiger partial charge in [0.25, 0.3) is 5.97 Å². The summed E-state index contributed by atoms with van der Waals surface area (Å²) in [5, 5.41) is 73.8. The van der Waals surface area contributed by atoms with Crippen LogP contribution in [0.5, 0.6) is 0 Å². The maximum absolute atomic E-state index is 9.96. The molecule has 2 unspecified atom stereocenters. The van der Waals surface area contributed by atoms with Crippen molar-refractivity contribution in [2.75, 3.05) is 6.61 Å². The van der Waals surface area contributed by atoms with Gasteiger partial charge in [0.05, 0.1) is 23.7 Å². The number of aromatic nitrogens is 2. The van der Waals surface area contributed by atoms with Gasteiger partial charge >= 0.3 is 0 Å². The molecule has 0 aromatic carbocycles. The molecule has 0 spiro atoms. The van der Waals surface area contributed by atoms with Crippen molar-refractivity contribution in [1.82, 2.24) is 9.97 Å². The molecule has 0 aliphatic rings. The Morgan fingerprint density at radius 3 is 2.12 bits per heavy atom. The van der Waals surface area contributed by atoms with Crippen LogP contribution in [0.1, 0.15) is 43.2 Å². The van der Waals surface area contributed by atoms with E-state index in [4.69, 9.17) is 20.4 Å². The molecule has 10 nitrogen and oxygen atoms in total. The second-order valence-corrected chi connectivity index (χ2v) is 5.73. The smallest absolute Gasteiger partial charge is 0.275 e. The highest BCUT2D eigenvalue weighted by atomic mass is 16.7. The second-order valence-electron chi connectivity index (χ2n) is 5.73. The molecule has 10 heteroatoms. The Morgan fingerprint density at radius 2 is 1.62 bits per heavy atom. The molecule has 0 aliphatic carbocycles. The van der Waals surface area contributed by atoms with Crippen LogP contribution in [-0.4, -0.2) is 75.3 Å². The van der Waals surface area contributed by atoms with Crippen molar-refractivity contribution >= 4 is 0 Å². The quantitative estimate of drug-likeness (QED) is 0.206. The predicted molar refractivity (Wildman–Crippen MR) is 78.8 cm³/mol. The first-order valence-electron chi connectivity index (χ1n) is 7.44. The van der Waals surface area contributed by atoms with Gasteiger partial charge in [-0.2, -0.15) is 0 Å². The zero-order chi connectivity index (χ0) is 18.4. The molecule has 1 aromatic heterocycles. The topological polar surface area (TPSA) is 188 Å². The molecule has 138 valence electrons. The minimum Gasteiger partial charge on any atom is -0.396 e. The van der Waals surface area contributed by atoms with Gasteiger partial charge in [-0.15, -0.1) is 0 Å². The van der Waals surface area contributed by atoms with Gasteiger partial charge in [-0.05, 0) is 12.8 Å². The first-order chi connectivity index (χ1) is 11.0. The SMILES string of the molecule is OCCC(O)(O)CC(O)C(O)c1cnc(CCCC(O)(O)O)cn1. The standard InChI is InChI=1S/C14H24N2O8/c17-5-4-13(20,21)6-11(18)12(19)10-8-15-9(7-16-10)2-1-3-14(22,23)24/h7-8,11-12,17-24H,1-6H2. The molecular weight excluding hydrogens is 324 g/mol. The maximum Gasteiger partial charge on any atom is 0.275 e. The van der Waals surface area contributed by atoms with E-state index < -0.39 is 37.0 Å². The molecule has 0 bridgehead atoms. The molecule has 2 atom stereocenters. The van der Waals surface area contributed by atoms with Crippen LogP contribution in [0.2, 0.25) is 0 Å². The summed E-state index contributed by atoms with van der Waals surface area (Å²) in [6, 6.07) is 0. The zero-order valence-electron chi connectivity index (χ0n) is 13.0. The fourth-order valence-electron chi connectivity index (χ4n) is 2.08. The monoisotopic (exact) mass is 348 g/mol. The lowest BCUT2D eigenvalue weighted by Gasteiger charge is -2.26. The average Bonchev–Trinajstić information content (AvgIpc) is 2.45. The Balaban J connectivity index is 2.58. The van der Waals surface area contributed by atoms with Crippen LogP contribution in [0, 0.1) is 0 Å². The summed E-state index contributed by atoms with van der Waals surface area (Å²) in [5.74, 6) is -5.04. The summed E-state index contributed by atoms with van der Waals surface area (Å²) in [6.07, 6.45) is -1.17. The predicted octanol–water partition coefficient (Wildman–Crippen LogP) is -2.72. The normalized spacial score (nSPS) is 15.3. The summed E-state index contributed by atoms with van der Waals surface area (Å²) >= 11 is 0. The Bertz CT molecular complexity index is 489. The van der Waals surface area contributed by atoms with E-state index in [1.165, 1.54) is 12.4 Å². The van der Waals surface area contributed by atoms with Crippen LogP contribution in [0.4, 0.5) is 0 Å². The van der Waals surface area contributed by atoms with E-state index in [0.717, 1.165) is 0 Å². The van der Waals surface area contributed by atoms with Crippen molar-refractivity contribution in [3.8, 4) is 0 Å². The maximum atomic E-state index is 9.96. The molecule has 1 aromatic rings. The van der Waals surface area contributed by atoms with Crippen LogP contribution in [0.25, 0.3) is 0 Å². The number of rotatable bonds is 10. The molecule has 0 amide bonds. The molecule has 1 rings (SSSR count). The van der Waals surface area contributed by atoms with E-state index in [0.29, 0.717) is 12.1 Å². The number of aliphatic hydroxyl groups excluding tert-OH is 3. The molecule has 0 aliphatic heterocycles. The Morgan fingerprint density at radius 1 is 0.958 bits per heavy atom. The lowest BCUT2D eigenvalue weighted by Crippen LogP contribution is -2.36. The summed E-state index contributed by atoms with van der Waals surface area (Å²) in [4.78, 5) is 7.91. The Hall–Kier alpha value is -1.24. The number of hydrogen-bond acceptors (Lipinski definition) is 10. The van der Waals surface area contributed by atoms with Crippen LogP contribution < -0.4 is 0 Å². The third kappa shape index (κ3) is 7.55. The Labute approximate surface area is 138 Å². The largest absolute Gasteiger partial charge is 0.396 e. The number of hydrogen-bond donors (Lipinski definition) is 8. The van der Waals surface area contributed by atoms with Gasteiger partial charge in [0.1, 0.15) is 6.10 Å². The molecule has 1 heterocycles. The van der Waals surface area contributed by atoms with E-state index in [1.54, 1.807) is 0 Å². The molecule has 0 radical (unpaired) electrons. The summed E-state index contributed by atoms with van der Waals surface area (Å²) < 4.78 is 0. The van der Waals surface area contributed by atoms with Crippen LogP contribution in [-0.2, 0) is 6.42 Å². The van der Waals surface area contributed by atoms with E-state index in [1.807, 2.05) is 0 Å². The van der Waals surface area contributed by atoms with Crippen molar-refractivity contribution < 1.29 is 40.9 Å². The summed E-state index contributed by atoms with van der Waals surface area (Å²) in [7, 11) is 0. The molecular formula is C14H24N2O8. The molecule has 0 fully saturated rings. The molecule has 8 N–H and O–H groups in total. The first-order valence-corrected chi connectivity index (χ1v) is 7.44. The van der Waals surface area contributed by atoms with Gasteiger partial charge in [0.15, 0.2) is 5.79 Å². The van der Waals surface area contributed by atoms with Crippen molar-refractivity contribution in [3.05, 3.63) is 23.8 Å². The van der Waals surface area contributed by atoms with E-state index in [-0.39, 0.29) is 25.0 Å². The fourth-order valence-corrected chi connectivity index (χ4v) is 2.08. The third-order valence-corrected chi connectivity index (χ3v) is 3.39. The van der Waals surface area contributed by atoms with Crippen molar-refractivity contribution in [2.24, 2.45) is 0 Å². The van der Waals surface area contributed by atoms with E-state index >= 15 is 0 Å². The minimum atomic E-state index is -2.73. The van der Waals surface area contributed by atoms with E-state index in [2.05, 4.69) is 9.97 Å². The van der Waals surface area contributed by atoms with Crippen LogP contribution >= 0.6 is 0 Å². The number of aryl methyl sites for hydroxylation is 1. The van der Waals surface area contributed by atoms with Gasteiger partial charge in [-0.3, -0.25) is 9.97 Å². The molecule has 24 heavy (non-hydrogen) atoms. The van der Waals surface area contributed by atoms with Crippen molar-refractivity contribution in [2.45, 2.75) is 56.1 Å². The summed E-state index contributed by atoms with van der Waals surface area (Å²) in [6.45, 7) is -0.485. The van der Waals surface area contributed by atoms with Gasteiger partial charge in [0.2, 0.25) is 0 Å². The lowest BCUT2D eigenvalue weighted by atomic mass is 10.00. The van der Waals surface area contributed by atoms with E-state index in [9.17, 15) is 20.4 Å². The average molecular weight is 348 g/mol. The van der Waals surface area contributed by atoms with Crippen LogP contribution in [0.3, 0.4) is 0 Å². The number of aliphatic hydroxyl groups is 8. The van der Waals surface area contributed by atoms with Crippen molar-refractivity contribution in [3.63, 3.8) is 0 Å². The highest BCUT2D eigenvalue weighted by Crippen LogP contribution is 2.22. The van der Waals surface area contributed by atoms with Gasteiger partial charge < -0.3 is 40.9 Å². The minimum absolute atomic E-state index is 0.0202. The van der Waals surface area contributed by atoms with Gasteiger partial charge in [0, 0.05) is 32.1 Å². The summed E-state index contributed by atoms with van der Waals surface area (Å²) in [5.41, 5.74) is 0.496. The van der Waals surface area contributed by atoms with Gasteiger partial charge in [-0.25, -0.2) is 0 Å². The molecule has 0 saturated carbocycles. The van der Waals surface area contributed by atoms with Crippen molar-refractivity contribution in [1.29, 1.82) is 0 Å². The Kier molecular flexibility index (Phi) is 7.57. The lowest BCUT2D eigenvalue weighted by molar-refractivity contribution is -0.314. The third-order valence-electron chi connectivity index (χ3n) is 3.39. The number of nitrogens with zero attached hydrogens (tertiary/aromatic N) is 2. The zero-order valence-corrected chi connectivity index (χ0v) is 13.0. The highest BCUT2D eigenvalue weighted by molar-refractivity contribution is 5.07. The molecule has 0 saturated heterocycles. The second kappa shape index (κ2) is 8.74. The van der Waals surface area contributed by atoms with Crippen LogP contribution in [0.15, 0.2) is 12.4 Å².